The maximum absolute atomic E-state index is 11.0. The second-order valence-corrected chi connectivity index (χ2v) is 11.7. The molecule has 0 saturated carbocycles. The van der Waals surface area contributed by atoms with Crippen molar-refractivity contribution in [2.24, 2.45) is 0 Å². The number of rotatable bonds is 4. The minimum atomic E-state index is -1.80. The SMILES string of the molecule is CC(C)(C)[Si](C)(C)Oc1ccc(Nc2cc[n+]([O-])cc2)cc1. The Balaban J connectivity index is 2.06. The third-order valence-corrected chi connectivity index (χ3v) is 8.48. The molecule has 5 heteroatoms. The van der Waals surface area contributed by atoms with E-state index in [1.54, 1.807) is 12.1 Å². The monoisotopic (exact) mass is 316 g/mol. The molecule has 1 aromatic heterocycles. The zero-order valence-corrected chi connectivity index (χ0v) is 14.9. The first-order valence-corrected chi connectivity index (χ1v) is 10.3. The van der Waals surface area contributed by atoms with Gasteiger partial charge in [-0.1, -0.05) is 20.8 Å². The number of nitrogens with zero attached hydrogens (tertiary/aromatic N) is 1. The molecule has 4 nitrogen and oxygen atoms in total. The topological polar surface area (TPSA) is 48.2 Å². The van der Waals surface area contributed by atoms with Gasteiger partial charge in [0.15, 0.2) is 12.4 Å². The molecule has 1 heterocycles. The van der Waals surface area contributed by atoms with Crippen LogP contribution < -0.4 is 14.5 Å². The summed E-state index contributed by atoms with van der Waals surface area (Å²) in [5.74, 6) is 0.905. The van der Waals surface area contributed by atoms with Crippen molar-refractivity contribution < 1.29 is 9.16 Å². The standard InChI is InChI=1S/C17H24N2O2Si/c1-17(2,3)22(4,5)21-16-8-6-14(7-9-16)18-15-10-12-19(20)13-11-15/h6-13,18H,1-5H3. The molecule has 0 unspecified atom stereocenters. The van der Waals surface area contributed by atoms with Crippen LogP contribution in [0.4, 0.5) is 11.4 Å². The average molecular weight is 316 g/mol. The van der Waals surface area contributed by atoms with E-state index in [0.29, 0.717) is 0 Å². The van der Waals surface area contributed by atoms with Gasteiger partial charge in [-0.2, -0.15) is 4.73 Å². The number of benzene rings is 1. The van der Waals surface area contributed by atoms with Crippen molar-refractivity contribution >= 4 is 19.7 Å². The van der Waals surface area contributed by atoms with Gasteiger partial charge in [0.25, 0.3) is 0 Å². The highest BCUT2D eigenvalue weighted by Crippen LogP contribution is 2.37. The Labute approximate surface area is 133 Å². The summed E-state index contributed by atoms with van der Waals surface area (Å²) in [5, 5.41) is 14.4. The Morgan fingerprint density at radius 1 is 0.955 bits per heavy atom. The van der Waals surface area contributed by atoms with Crippen LogP contribution in [-0.2, 0) is 0 Å². The van der Waals surface area contributed by atoms with Crippen LogP contribution >= 0.6 is 0 Å². The summed E-state index contributed by atoms with van der Waals surface area (Å²) in [6, 6.07) is 11.4. The van der Waals surface area contributed by atoms with E-state index in [1.807, 2.05) is 24.3 Å². The molecular weight excluding hydrogens is 292 g/mol. The van der Waals surface area contributed by atoms with Crippen molar-refractivity contribution in [3.05, 3.63) is 54.0 Å². The van der Waals surface area contributed by atoms with Gasteiger partial charge >= 0.3 is 0 Å². The molecule has 0 atom stereocenters. The zero-order valence-electron chi connectivity index (χ0n) is 13.9. The second kappa shape index (κ2) is 6.00. The highest BCUT2D eigenvalue weighted by Gasteiger charge is 2.38. The molecule has 2 aromatic rings. The average Bonchev–Trinajstić information content (AvgIpc) is 2.42. The molecule has 0 aliphatic rings. The van der Waals surface area contributed by atoms with E-state index >= 15 is 0 Å². The summed E-state index contributed by atoms with van der Waals surface area (Å²) in [7, 11) is -1.80. The van der Waals surface area contributed by atoms with Gasteiger partial charge in [0.05, 0.1) is 5.69 Å². The van der Waals surface area contributed by atoms with Crippen LogP contribution in [0.1, 0.15) is 20.8 Å². The predicted molar refractivity (Wildman–Crippen MR) is 93.0 cm³/mol. The van der Waals surface area contributed by atoms with Crippen molar-refractivity contribution in [2.75, 3.05) is 5.32 Å². The minimum absolute atomic E-state index is 0.182. The molecule has 118 valence electrons. The fourth-order valence-electron chi connectivity index (χ4n) is 1.72. The van der Waals surface area contributed by atoms with Gasteiger partial charge in [0.1, 0.15) is 5.75 Å². The summed E-state index contributed by atoms with van der Waals surface area (Å²) < 4.78 is 7.02. The van der Waals surface area contributed by atoms with Gasteiger partial charge in [-0.15, -0.1) is 0 Å². The fourth-order valence-corrected chi connectivity index (χ4v) is 2.75. The fraction of sp³-hybridized carbons (Fsp3) is 0.353. The lowest BCUT2D eigenvalue weighted by Crippen LogP contribution is -2.43. The van der Waals surface area contributed by atoms with E-state index in [1.165, 1.54) is 12.4 Å². The number of pyridine rings is 1. The molecule has 0 radical (unpaired) electrons. The number of hydrogen-bond donors (Lipinski definition) is 1. The van der Waals surface area contributed by atoms with E-state index < -0.39 is 8.32 Å². The van der Waals surface area contributed by atoms with Crippen LogP contribution in [-0.4, -0.2) is 8.32 Å². The second-order valence-electron chi connectivity index (χ2n) is 6.96. The van der Waals surface area contributed by atoms with E-state index in [0.717, 1.165) is 21.9 Å². The van der Waals surface area contributed by atoms with E-state index in [9.17, 15) is 5.21 Å². The van der Waals surface area contributed by atoms with Crippen molar-refractivity contribution in [3.8, 4) is 5.75 Å². The lowest BCUT2D eigenvalue weighted by molar-refractivity contribution is -0.605. The molecule has 2 rings (SSSR count). The minimum Gasteiger partial charge on any atom is -0.619 e. The van der Waals surface area contributed by atoms with Crippen LogP contribution in [0.15, 0.2) is 48.8 Å². The maximum atomic E-state index is 11.0. The van der Waals surface area contributed by atoms with Gasteiger partial charge in [-0.25, -0.2) is 0 Å². The van der Waals surface area contributed by atoms with Crippen molar-refractivity contribution in [1.29, 1.82) is 0 Å². The van der Waals surface area contributed by atoms with Crippen molar-refractivity contribution in [3.63, 3.8) is 0 Å². The van der Waals surface area contributed by atoms with Crippen LogP contribution in [0.25, 0.3) is 0 Å². The predicted octanol–water partition coefficient (Wildman–Crippen LogP) is 4.45. The number of hydrogen-bond acceptors (Lipinski definition) is 3. The lowest BCUT2D eigenvalue weighted by atomic mass is 10.2. The molecule has 0 fully saturated rings. The van der Waals surface area contributed by atoms with E-state index in [-0.39, 0.29) is 5.04 Å². The van der Waals surface area contributed by atoms with Crippen LogP contribution in [0.2, 0.25) is 18.1 Å². The number of aromatic nitrogens is 1. The summed E-state index contributed by atoms with van der Waals surface area (Å²) in [6.45, 7) is 11.2. The molecule has 22 heavy (non-hydrogen) atoms. The molecule has 0 aliphatic heterocycles. The maximum Gasteiger partial charge on any atom is 0.250 e. The quantitative estimate of drug-likeness (QED) is 0.515. The Morgan fingerprint density at radius 3 is 1.95 bits per heavy atom. The van der Waals surface area contributed by atoms with Gasteiger partial charge in [-0.05, 0) is 42.4 Å². The zero-order chi connectivity index (χ0) is 16.4. The summed E-state index contributed by atoms with van der Waals surface area (Å²) in [6.07, 6.45) is 2.94. The normalized spacial score (nSPS) is 12.0. The highest BCUT2D eigenvalue weighted by atomic mass is 28.4. The molecular formula is C17H24N2O2Si. The van der Waals surface area contributed by atoms with Crippen LogP contribution in [0.3, 0.4) is 0 Å². The van der Waals surface area contributed by atoms with E-state index in [2.05, 4.69) is 39.2 Å². The van der Waals surface area contributed by atoms with Crippen LogP contribution in [0.5, 0.6) is 5.75 Å². The third-order valence-electron chi connectivity index (χ3n) is 4.12. The Hall–Kier alpha value is -2.01. The summed E-state index contributed by atoms with van der Waals surface area (Å²) in [4.78, 5) is 0. The van der Waals surface area contributed by atoms with Gasteiger partial charge in [0, 0.05) is 17.8 Å². The van der Waals surface area contributed by atoms with Crippen molar-refractivity contribution in [1.82, 2.24) is 0 Å². The third kappa shape index (κ3) is 4.01. The van der Waals surface area contributed by atoms with Gasteiger partial charge < -0.3 is 15.0 Å². The smallest absolute Gasteiger partial charge is 0.250 e. The molecule has 1 aromatic carbocycles. The highest BCUT2D eigenvalue weighted by molar-refractivity contribution is 6.74. The first-order valence-electron chi connectivity index (χ1n) is 7.42. The first-order chi connectivity index (χ1) is 10.2. The largest absolute Gasteiger partial charge is 0.619 e. The van der Waals surface area contributed by atoms with Gasteiger partial charge in [-0.3, -0.25) is 0 Å². The number of anilines is 2. The van der Waals surface area contributed by atoms with E-state index in [4.69, 9.17) is 4.43 Å². The summed E-state index contributed by atoms with van der Waals surface area (Å²) >= 11 is 0. The Bertz CT molecular complexity index is 617. The number of nitrogens with one attached hydrogen (secondary N) is 1. The molecule has 0 spiro atoms. The first kappa shape index (κ1) is 16.4. The molecule has 0 saturated heterocycles. The molecule has 0 aliphatic carbocycles. The van der Waals surface area contributed by atoms with Gasteiger partial charge in [0.2, 0.25) is 8.32 Å². The molecule has 1 N–H and O–H groups in total. The lowest BCUT2D eigenvalue weighted by Gasteiger charge is -2.36. The van der Waals surface area contributed by atoms with Crippen molar-refractivity contribution in [2.45, 2.75) is 38.9 Å². The molecule has 0 bridgehead atoms. The van der Waals surface area contributed by atoms with Crippen LogP contribution in [0, 0.1) is 5.21 Å². The Kier molecular flexibility index (Phi) is 4.46. The summed E-state index contributed by atoms with van der Waals surface area (Å²) in [5.41, 5.74) is 1.84. The Morgan fingerprint density at radius 2 is 1.45 bits per heavy atom. The molecule has 0 amide bonds.